The second-order valence-electron chi connectivity index (χ2n) is 3.89. The second kappa shape index (κ2) is 2.90. The summed E-state index contributed by atoms with van der Waals surface area (Å²) in [6.07, 6.45) is 0.606. The molecule has 12 heavy (non-hydrogen) atoms. The topological polar surface area (TPSA) is 38.1 Å². The summed E-state index contributed by atoms with van der Waals surface area (Å²) in [6.45, 7) is 5.58. The number of hydrogen-bond acceptors (Lipinski definition) is 2. The lowest BCUT2D eigenvalue weighted by atomic mass is 10.0. The van der Waals surface area contributed by atoms with Gasteiger partial charge < -0.3 is 5.11 Å². The first-order valence-corrected chi connectivity index (χ1v) is 4.10. The highest BCUT2D eigenvalue weighted by Gasteiger charge is 2.15. The van der Waals surface area contributed by atoms with Crippen LogP contribution in [-0.4, -0.2) is 20.5 Å². The van der Waals surface area contributed by atoms with Gasteiger partial charge in [0.15, 0.2) is 0 Å². The zero-order valence-corrected chi connectivity index (χ0v) is 8.13. The summed E-state index contributed by atoms with van der Waals surface area (Å²) in [4.78, 5) is 0. The van der Waals surface area contributed by atoms with E-state index >= 15 is 0 Å². The zero-order valence-electron chi connectivity index (χ0n) is 8.13. The molecule has 1 aromatic heterocycles. The highest BCUT2D eigenvalue weighted by Crippen LogP contribution is 2.11. The minimum absolute atomic E-state index is 0.606. The van der Waals surface area contributed by atoms with Gasteiger partial charge in [0.1, 0.15) is 0 Å². The van der Waals surface area contributed by atoms with Gasteiger partial charge in [0.05, 0.1) is 11.3 Å². The van der Waals surface area contributed by atoms with Crippen LogP contribution in [0.1, 0.15) is 25.2 Å². The van der Waals surface area contributed by atoms with Crippen LogP contribution >= 0.6 is 0 Å². The third kappa shape index (κ3) is 2.34. The highest BCUT2D eigenvalue weighted by molar-refractivity contribution is 5.10. The zero-order chi connectivity index (χ0) is 9.35. The third-order valence-electron chi connectivity index (χ3n) is 1.78. The largest absolute Gasteiger partial charge is 0.390 e. The molecule has 0 unspecified atom stereocenters. The van der Waals surface area contributed by atoms with Gasteiger partial charge in [-0.2, -0.15) is 5.10 Å². The van der Waals surface area contributed by atoms with Crippen LogP contribution in [0.2, 0.25) is 0 Å². The number of nitrogens with zero attached hydrogens (tertiary/aromatic N) is 2. The molecule has 68 valence electrons. The molecule has 0 saturated heterocycles. The second-order valence-corrected chi connectivity index (χ2v) is 3.89. The molecule has 1 N–H and O–H groups in total. The Bertz CT molecular complexity index is 251. The van der Waals surface area contributed by atoms with E-state index in [9.17, 15) is 5.11 Å². The number of aryl methyl sites for hydroxylation is 2. The van der Waals surface area contributed by atoms with Crippen molar-refractivity contribution in [2.75, 3.05) is 0 Å². The maximum atomic E-state index is 9.52. The fourth-order valence-corrected chi connectivity index (χ4v) is 1.16. The van der Waals surface area contributed by atoms with Gasteiger partial charge >= 0.3 is 0 Å². The molecule has 0 aliphatic carbocycles. The van der Waals surface area contributed by atoms with Crippen LogP contribution in [0.25, 0.3) is 0 Å². The highest BCUT2D eigenvalue weighted by atomic mass is 16.3. The Morgan fingerprint density at radius 3 is 2.50 bits per heavy atom. The first kappa shape index (κ1) is 9.26. The average Bonchev–Trinajstić information content (AvgIpc) is 2.07. The van der Waals surface area contributed by atoms with Gasteiger partial charge in [0.2, 0.25) is 0 Å². The molecule has 0 saturated carbocycles. The molecule has 0 aliphatic rings. The Hall–Kier alpha value is -0.830. The standard InChI is InChI=1S/C9H16N2O/c1-7-5-8(10-11(7)4)6-9(2,3)12/h5,12H,6H2,1-4H3. The molecule has 0 radical (unpaired) electrons. The van der Waals surface area contributed by atoms with Crippen molar-refractivity contribution >= 4 is 0 Å². The number of aliphatic hydroxyl groups is 1. The van der Waals surface area contributed by atoms with Crippen molar-refractivity contribution in [3.63, 3.8) is 0 Å². The van der Waals surface area contributed by atoms with Crippen LogP contribution in [0.5, 0.6) is 0 Å². The van der Waals surface area contributed by atoms with E-state index in [2.05, 4.69) is 5.10 Å². The van der Waals surface area contributed by atoms with Gasteiger partial charge in [-0.3, -0.25) is 4.68 Å². The molecule has 3 nitrogen and oxygen atoms in total. The molecular formula is C9H16N2O. The van der Waals surface area contributed by atoms with Crippen molar-refractivity contribution in [1.82, 2.24) is 9.78 Å². The van der Waals surface area contributed by atoms with E-state index in [1.165, 1.54) is 0 Å². The Morgan fingerprint density at radius 2 is 2.17 bits per heavy atom. The summed E-state index contributed by atoms with van der Waals surface area (Å²) in [5.41, 5.74) is 1.40. The lowest BCUT2D eigenvalue weighted by Gasteiger charge is -2.14. The molecule has 0 aliphatic heterocycles. The molecule has 0 aromatic carbocycles. The monoisotopic (exact) mass is 168 g/mol. The van der Waals surface area contributed by atoms with E-state index in [0.717, 1.165) is 11.4 Å². The molecule has 3 heteroatoms. The van der Waals surface area contributed by atoms with Gasteiger partial charge in [0.25, 0.3) is 0 Å². The predicted molar refractivity (Wildman–Crippen MR) is 47.9 cm³/mol. The first-order valence-electron chi connectivity index (χ1n) is 4.10. The van der Waals surface area contributed by atoms with Gasteiger partial charge in [-0.25, -0.2) is 0 Å². The molecule has 1 aromatic rings. The van der Waals surface area contributed by atoms with E-state index in [0.29, 0.717) is 6.42 Å². The van der Waals surface area contributed by atoms with E-state index in [1.54, 1.807) is 13.8 Å². The lowest BCUT2D eigenvalue weighted by Crippen LogP contribution is -2.22. The van der Waals surface area contributed by atoms with Gasteiger partial charge in [-0.05, 0) is 26.8 Å². The van der Waals surface area contributed by atoms with Crippen LogP contribution in [0.15, 0.2) is 6.07 Å². The fraction of sp³-hybridized carbons (Fsp3) is 0.667. The quantitative estimate of drug-likeness (QED) is 0.716. The first-order chi connectivity index (χ1) is 5.38. The molecule has 0 amide bonds. The summed E-state index contributed by atoms with van der Waals surface area (Å²) in [7, 11) is 1.91. The molecule has 0 spiro atoms. The van der Waals surface area contributed by atoms with Gasteiger partial charge in [-0.15, -0.1) is 0 Å². The fourth-order valence-electron chi connectivity index (χ4n) is 1.16. The molecule has 0 bridgehead atoms. The van der Waals surface area contributed by atoms with E-state index in [4.69, 9.17) is 0 Å². The number of aromatic nitrogens is 2. The molecule has 1 rings (SSSR count). The van der Waals surface area contributed by atoms with E-state index < -0.39 is 5.60 Å². The molecule has 1 heterocycles. The van der Waals surface area contributed by atoms with Crippen molar-refractivity contribution in [3.8, 4) is 0 Å². The van der Waals surface area contributed by atoms with Crippen LogP contribution in [-0.2, 0) is 13.5 Å². The summed E-state index contributed by atoms with van der Waals surface area (Å²) in [5, 5.41) is 13.8. The Labute approximate surface area is 73.0 Å². The minimum Gasteiger partial charge on any atom is -0.390 e. The normalized spacial score (nSPS) is 12.1. The average molecular weight is 168 g/mol. The number of rotatable bonds is 2. The van der Waals surface area contributed by atoms with Crippen molar-refractivity contribution < 1.29 is 5.11 Å². The Morgan fingerprint density at radius 1 is 1.58 bits per heavy atom. The maximum Gasteiger partial charge on any atom is 0.0655 e. The Balaban J connectivity index is 2.77. The third-order valence-corrected chi connectivity index (χ3v) is 1.78. The number of hydrogen-bond donors (Lipinski definition) is 1. The van der Waals surface area contributed by atoms with Crippen molar-refractivity contribution in [1.29, 1.82) is 0 Å². The summed E-state index contributed by atoms with van der Waals surface area (Å²) in [5.74, 6) is 0. The van der Waals surface area contributed by atoms with Crippen molar-refractivity contribution in [2.24, 2.45) is 7.05 Å². The molecule has 0 atom stereocenters. The minimum atomic E-state index is -0.666. The lowest BCUT2D eigenvalue weighted by molar-refractivity contribution is 0.0798. The van der Waals surface area contributed by atoms with E-state index in [1.807, 2.05) is 24.7 Å². The molecule has 0 fully saturated rings. The van der Waals surface area contributed by atoms with Crippen LogP contribution in [0.3, 0.4) is 0 Å². The summed E-state index contributed by atoms with van der Waals surface area (Å²) >= 11 is 0. The predicted octanol–water partition coefficient (Wildman–Crippen LogP) is 1.04. The summed E-state index contributed by atoms with van der Waals surface area (Å²) < 4.78 is 1.82. The Kier molecular flexibility index (Phi) is 2.24. The van der Waals surface area contributed by atoms with Crippen LogP contribution in [0.4, 0.5) is 0 Å². The van der Waals surface area contributed by atoms with Crippen LogP contribution in [0, 0.1) is 6.92 Å². The SMILES string of the molecule is Cc1cc(CC(C)(C)O)nn1C. The van der Waals surface area contributed by atoms with E-state index in [-0.39, 0.29) is 0 Å². The van der Waals surface area contributed by atoms with Gasteiger partial charge in [0, 0.05) is 19.2 Å². The van der Waals surface area contributed by atoms with Crippen molar-refractivity contribution in [3.05, 3.63) is 17.5 Å². The smallest absolute Gasteiger partial charge is 0.0655 e. The van der Waals surface area contributed by atoms with Crippen molar-refractivity contribution in [2.45, 2.75) is 32.8 Å². The maximum absolute atomic E-state index is 9.52. The van der Waals surface area contributed by atoms with Gasteiger partial charge in [-0.1, -0.05) is 0 Å². The molecular weight excluding hydrogens is 152 g/mol. The van der Waals surface area contributed by atoms with Crippen LogP contribution < -0.4 is 0 Å². The summed E-state index contributed by atoms with van der Waals surface area (Å²) in [6, 6.07) is 2.00.